The second-order valence-corrected chi connectivity index (χ2v) is 5.45. The van der Waals surface area contributed by atoms with Gasteiger partial charge in [-0.05, 0) is 24.3 Å². The van der Waals surface area contributed by atoms with E-state index in [0.29, 0.717) is 5.69 Å². The molecule has 9 heteroatoms. The molecule has 1 N–H and O–H groups in total. The highest BCUT2D eigenvalue weighted by Crippen LogP contribution is 2.28. The van der Waals surface area contributed by atoms with Gasteiger partial charge in [-0.3, -0.25) is 9.78 Å². The van der Waals surface area contributed by atoms with Gasteiger partial charge in [-0.2, -0.15) is 28.2 Å². The Labute approximate surface area is 146 Å². The number of halogens is 3. The fraction of sp³-hybridized carbons (Fsp3) is 0.176. The van der Waals surface area contributed by atoms with Crippen molar-refractivity contribution in [3.63, 3.8) is 0 Å². The van der Waals surface area contributed by atoms with Gasteiger partial charge in [0.25, 0.3) is 0 Å². The minimum atomic E-state index is -4.45. The second-order valence-electron chi connectivity index (χ2n) is 5.45. The van der Waals surface area contributed by atoms with Crippen LogP contribution in [-0.2, 0) is 23.9 Å². The molecule has 0 aliphatic heterocycles. The monoisotopic (exact) mass is 361 g/mol. The Morgan fingerprint density at radius 1 is 1.12 bits per heavy atom. The topological polar surface area (TPSA) is 72.7 Å². The zero-order valence-corrected chi connectivity index (χ0v) is 13.4. The Balaban J connectivity index is 1.58. The molecule has 0 radical (unpaired) electrons. The summed E-state index contributed by atoms with van der Waals surface area (Å²) in [5.41, 5.74) is 0.527. The Bertz CT molecular complexity index is 893. The fourth-order valence-electron chi connectivity index (χ4n) is 2.23. The molecule has 1 aromatic carbocycles. The number of pyridine rings is 1. The van der Waals surface area contributed by atoms with Crippen molar-refractivity contribution in [1.29, 1.82) is 0 Å². The van der Waals surface area contributed by atoms with E-state index in [1.165, 1.54) is 11.0 Å². The number of nitrogens with zero attached hydrogens (tertiary/aromatic N) is 4. The second kappa shape index (κ2) is 7.34. The average Bonchev–Trinajstić information content (AvgIpc) is 3.09. The van der Waals surface area contributed by atoms with Crippen molar-refractivity contribution in [3.05, 3.63) is 71.8 Å². The first-order chi connectivity index (χ1) is 12.4. The van der Waals surface area contributed by atoms with Crippen LogP contribution in [0.3, 0.4) is 0 Å². The van der Waals surface area contributed by atoms with Crippen LogP contribution >= 0.6 is 0 Å². The molecule has 0 aliphatic rings. The number of hydrogen-bond donors (Lipinski definition) is 1. The summed E-state index contributed by atoms with van der Waals surface area (Å²) in [7, 11) is 0. The van der Waals surface area contributed by atoms with Crippen LogP contribution in [-0.4, -0.2) is 25.9 Å². The summed E-state index contributed by atoms with van der Waals surface area (Å²) in [4.78, 5) is 17.2. The smallest absolute Gasteiger partial charge is 0.350 e. The number of benzene rings is 1. The molecule has 26 heavy (non-hydrogen) atoms. The number of aromatic nitrogens is 4. The van der Waals surface area contributed by atoms with Crippen molar-refractivity contribution in [2.75, 3.05) is 0 Å². The average molecular weight is 361 g/mol. The first-order valence-electron chi connectivity index (χ1n) is 7.67. The van der Waals surface area contributed by atoms with Crippen LogP contribution in [0.15, 0.2) is 54.9 Å². The van der Waals surface area contributed by atoms with E-state index in [-0.39, 0.29) is 24.6 Å². The standard InChI is InChI=1S/C17H14F3N5O/c18-17(19,20)12-6-7-21-13(8-12)10-22-16(26)9-14-11-23-25(24-14)15-4-2-1-3-5-15/h1-8,11H,9-10H2,(H,22,26). The predicted octanol–water partition coefficient (Wildman–Crippen LogP) is 2.54. The molecule has 0 bridgehead atoms. The maximum Gasteiger partial charge on any atom is 0.416 e. The molecule has 0 unspecified atom stereocenters. The van der Waals surface area contributed by atoms with E-state index >= 15 is 0 Å². The Morgan fingerprint density at radius 2 is 1.88 bits per heavy atom. The number of para-hydroxylation sites is 1. The van der Waals surface area contributed by atoms with Gasteiger partial charge in [-0.25, -0.2) is 0 Å². The highest BCUT2D eigenvalue weighted by molar-refractivity contribution is 5.77. The van der Waals surface area contributed by atoms with E-state index in [4.69, 9.17) is 0 Å². The van der Waals surface area contributed by atoms with Crippen LogP contribution in [0.5, 0.6) is 0 Å². The third kappa shape index (κ3) is 4.44. The highest BCUT2D eigenvalue weighted by atomic mass is 19.4. The lowest BCUT2D eigenvalue weighted by molar-refractivity contribution is -0.137. The Hall–Kier alpha value is -3.23. The molecule has 0 aliphatic carbocycles. The molecule has 0 spiro atoms. The molecule has 0 saturated carbocycles. The zero-order chi connectivity index (χ0) is 18.6. The lowest BCUT2D eigenvalue weighted by Gasteiger charge is -2.08. The number of rotatable bonds is 5. The van der Waals surface area contributed by atoms with Gasteiger partial charge in [0.05, 0.1) is 41.8 Å². The summed E-state index contributed by atoms with van der Waals surface area (Å²) >= 11 is 0. The molecule has 134 valence electrons. The van der Waals surface area contributed by atoms with Crippen molar-refractivity contribution >= 4 is 5.91 Å². The number of hydrogen-bond acceptors (Lipinski definition) is 4. The van der Waals surface area contributed by atoms with Crippen molar-refractivity contribution < 1.29 is 18.0 Å². The largest absolute Gasteiger partial charge is 0.416 e. The number of carbonyl (C=O) groups excluding carboxylic acids is 1. The molecule has 3 aromatic rings. The first kappa shape index (κ1) is 17.6. The first-order valence-corrected chi connectivity index (χ1v) is 7.67. The SMILES string of the molecule is O=C(Cc1cnn(-c2ccccc2)n1)NCc1cc(C(F)(F)F)ccn1. The van der Waals surface area contributed by atoms with Crippen molar-refractivity contribution in [1.82, 2.24) is 25.3 Å². The van der Waals surface area contributed by atoms with Crippen LogP contribution in [0.1, 0.15) is 17.0 Å². The van der Waals surface area contributed by atoms with E-state index in [1.54, 1.807) is 0 Å². The van der Waals surface area contributed by atoms with Crippen LogP contribution in [0.25, 0.3) is 5.69 Å². The molecule has 2 heterocycles. The van der Waals surface area contributed by atoms with Crippen molar-refractivity contribution in [2.45, 2.75) is 19.1 Å². The normalized spacial score (nSPS) is 11.3. The van der Waals surface area contributed by atoms with Gasteiger partial charge >= 0.3 is 6.18 Å². The molecule has 0 fully saturated rings. The van der Waals surface area contributed by atoms with E-state index in [1.807, 2.05) is 30.3 Å². The molecular weight excluding hydrogens is 347 g/mol. The molecule has 0 saturated heterocycles. The molecule has 6 nitrogen and oxygen atoms in total. The molecular formula is C17H14F3N5O. The number of amides is 1. The molecule has 1 amide bonds. The summed E-state index contributed by atoms with van der Waals surface area (Å²) in [6.45, 7) is -0.102. The van der Waals surface area contributed by atoms with Gasteiger partial charge in [-0.15, -0.1) is 0 Å². The highest BCUT2D eigenvalue weighted by Gasteiger charge is 2.30. The molecule has 2 aromatic heterocycles. The lowest BCUT2D eigenvalue weighted by Crippen LogP contribution is -2.25. The summed E-state index contributed by atoms with van der Waals surface area (Å²) < 4.78 is 38.0. The Kier molecular flexibility index (Phi) is 4.97. The zero-order valence-electron chi connectivity index (χ0n) is 13.4. The van der Waals surface area contributed by atoms with Gasteiger partial charge < -0.3 is 5.32 Å². The maximum atomic E-state index is 12.7. The number of nitrogens with one attached hydrogen (secondary N) is 1. The summed E-state index contributed by atoms with van der Waals surface area (Å²) in [6, 6.07) is 11.0. The third-order valence-electron chi connectivity index (χ3n) is 3.48. The molecule has 3 rings (SSSR count). The molecule has 0 atom stereocenters. The van der Waals surface area contributed by atoms with Crippen LogP contribution < -0.4 is 5.32 Å². The van der Waals surface area contributed by atoms with E-state index in [0.717, 1.165) is 24.0 Å². The lowest BCUT2D eigenvalue weighted by atomic mass is 10.2. The van der Waals surface area contributed by atoms with Gasteiger partial charge in [0.1, 0.15) is 0 Å². The van der Waals surface area contributed by atoms with Crippen molar-refractivity contribution in [2.24, 2.45) is 0 Å². The summed E-state index contributed by atoms with van der Waals surface area (Å²) in [5.74, 6) is -0.385. The van der Waals surface area contributed by atoms with E-state index in [2.05, 4.69) is 20.5 Å². The van der Waals surface area contributed by atoms with Gasteiger partial charge in [0, 0.05) is 6.20 Å². The predicted molar refractivity (Wildman–Crippen MR) is 86.1 cm³/mol. The van der Waals surface area contributed by atoms with E-state index < -0.39 is 11.7 Å². The minimum Gasteiger partial charge on any atom is -0.350 e. The summed E-state index contributed by atoms with van der Waals surface area (Å²) in [6.07, 6.45) is -1.95. The maximum absolute atomic E-state index is 12.7. The fourth-order valence-corrected chi connectivity index (χ4v) is 2.23. The van der Waals surface area contributed by atoms with Crippen LogP contribution in [0.2, 0.25) is 0 Å². The number of carbonyl (C=O) groups is 1. The van der Waals surface area contributed by atoms with Gasteiger partial charge in [-0.1, -0.05) is 18.2 Å². The van der Waals surface area contributed by atoms with Gasteiger partial charge in [0.15, 0.2) is 0 Å². The Morgan fingerprint density at radius 3 is 2.62 bits per heavy atom. The third-order valence-corrected chi connectivity index (χ3v) is 3.48. The summed E-state index contributed by atoms with van der Waals surface area (Å²) in [5, 5.41) is 10.8. The van der Waals surface area contributed by atoms with E-state index in [9.17, 15) is 18.0 Å². The van der Waals surface area contributed by atoms with Crippen LogP contribution in [0.4, 0.5) is 13.2 Å². The van der Waals surface area contributed by atoms with Crippen molar-refractivity contribution in [3.8, 4) is 5.69 Å². The number of alkyl halides is 3. The quantitative estimate of drug-likeness (QED) is 0.758. The van der Waals surface area contributed by atoms with Gasteiger partial charge in [0.2, 0.25) is 5.91 Å². The van der Waals surface area contributed by atoms with Crippen LogP contribution in [0, 0.1) is 0 Å². The minimum absolute atomic E-state index is 0.0359.